The third-order valence-corrected chi connectivity index (χ3v) is 11.6. The minimum Gasteiger partial charge on any atom is -0.479 e. The topological polar surface area (TPSA) is 215 Å². The van der Waals surface area contributed by atoms with Crippen molar-refractivity contribution < 1.29 is 53.6 Å². The van der Waals surface area contributed by atoms with Crippen molar-refractivity contribution in [2.75, 3.05) is 6.61 Å². The zero-order valence-corrected chi connectivity index (χ0v) is 39.7. The van der Waals surface area contributed by atoms with Crippen molar-refractivity contribution in [3.63, 3.8) is 0 Å². The van der Waals surface area contributed by atoms with Crippen molar-refractivity contribution in [3.8, 4) is 11.1 Å². The number of ether oxygens (including phenoxy) is 1. The molecule has 1 saturated heterocycles. The molecule has 5 rings (SSSR count). The SMILES string of the molecule is CC1(C)OB(c2cc(Cl)ccc2Cl)OC1(C)C.CCOC(=O)[C@H](O)C[C@H](N)Cc1ccc(Br)cc1.O=C(O)C(=O)N[C@H](Cc1ccc(-c2cc(Cl)ccc2Cl)cc1)C[C@@H](O)C(=O)O. The van der Waals surface area contributed by atoms with Crippen LogP contribution in [-0.4, -0.2) is 93.5 Å². The van der Waals surface area contributed by atoms with Gasteiger partial charge in [0.25, 0.3) is 0 Å². The molecule has 0 radical (unpaired) electrons. The van der Waals surface area contributed by atoms with Crippen LogP contribution in [0.2, 0.25) is 20.1 Å². The Morgan fingerprint density at radius 3 is 1.83 bits per heavy atom. The number of hydrogen-bond acceptors (Lipinski definition) is 10. The number of carboxylic acids is 2. The van der Waals surface area contributed by atoms with Crippen LogP contribution in [0.25, 0.3) is 11.1 Å². The summed E-state index contributed by atoms with van der Waals surface area (Å²) >= 11 is 27.6. The molecule has 4 atom stereocenters. The smallest absolute Gasteiger partial charge is 0.479 e. The molecule has 1 aliphatic rings. The van der Waals surface area contributed by atoms with Crippen LogP contribution in [0.15, 0.2) is 89.4 Å². The molecule has 0 aromatic heterocycles. The van der Waals surface area contributed by atoms with Crippen molar-refractivity contribution in [1.29, 1.82) is 0 Å². The largest absolute Gasteiger partial charge is 0.496 e. The molecule has 13 nitrogen and oxygen atoms in total. The van der Waals surface area contributed by atoms with E-state index in [1.165, 1.54) is 0 Å². The van der Waals surface area contributed by atoms with E-state index >= 15 is 0 Å². The van der Waals surface area contributed by atoms with E-state index in [1.54, 1.807) is 67.6 Å². The fourth-order valence-electron chi connectivity index (χ4n) is 5.93. The second-order valence-electron chi connectivity index (χ2n) is 15.4. The van der Waals surface area contributed by atoms with Gasteiger partial charge >= 0.3 is 30.9 Å². The van der Waals surface area contributed by atoms with Crippen LogP contribution >= 0.6 is 62.3 Å². The fourth-order valence-corrected chi connectivity index (χ4v) is 6.98. The molecule has 4 aromatic carbocycles. The maximum absolute atomic E-state index is 11.4. The van der Waals surface area contributed by atoms with E-state index < -0.39 is 49.2 Å². The highest BCUT2D eigenvalue weighted by Gasteiger charge is 2.52. The summed E-state index contributed by atoms with van der Waals surface area (Å²) in [5.41, 5.74) is 9.24. The average Bonchev–Trinajstić information content (AvgIpc) is 3.43. The van der Waals surface area contributed by atoms with Crippen LogP contribution in [0.5, 0.6) is 0 Å². The van der Waals surface area contributed by atoms with E-state index in [2.05, 4.69) is 21.2 Å². The number of nitrogens with two attached hydrogens (primary N) is 1. The molecule has 0 saturated carbocycles. The maximum atomic E-state index is 11.4. The Bertz CT molecular complexity index is 2170. The number of carbonyl (C=O) groups excluding carboxylic acids is 2. The van der Waals surface area contributed by atoms with Gasteiger partial charge in [0, 0.05) is 54.1 Å². The van der Waals surface area contributed by atoms with Gasteiger partial charge in [0.15, 0.2) is 12.2 Å². The number of amides is 1. The van der Waals surface area contributed by atoms with E-state index in [0.717, 1.165) is 26.6 Å². The first-order chi connectivity index (χ1) is 29.4. The maximum Gasteiger partial charge on any atom is 0.496 e. The van der Waals surface area contributed by atoms with Gasteiger partial charge in [-0.3, -0.25) is 4.79 Å². The zero-order valence-electron chi connectivity index (χ0n) is 35.1. The van der Waals surface area contributed by atoms with Gasteiger partial charge in [-0.25, -0.2) is 14.4 Å². The van der Waals surface area contributed by atoms with E-state index in [1.807, 2.05) is 52.0 Å². The molecule has 0 aliphatic carbocycles. The molecule has 0 spiro atoms. The summed E-state index contributed by atoms with van der Waals surface area (Å²) in [6.45, 7) is 9.98. The molecule has 1 aliphatic heterocycles. The third kappa shape index (κ3) is 17.0. The minimum absolute atomic E-state index is 0.132. The van der Waals surface area contributed by atoms with E-state index in [4.69, 9.17) is 76.4 Å². The van der Waals surface area contributed by atoms with Gasteiger partial charge in [-0.2, -0.15) is 0 Å². The van der Waals surface area contributed by atoms with Crippen LogP contribution in [0.4, 0.5) is 0 Å². The fraction of sp³-hybridized carbons (Fsp3) is 0.364. The zero-order chi connectivity index (χ0) is 47.2. The standard InChI is InChI=1S/C19H17Cl2NO6.C13H18BrNO3.C12H15BCl2O2/c20-12-5-6-15(21)14(8-12)11-3-1-10(2-4-11)7-13(9-16(23)18(25)26)22-17(24)19(27)28;1-2-18-13(17)12(16)8-11(15)7-9-3-5-10(14)6-4-9;1-11(2)12(3,4)17-13(16-11)9-7-8(14)5-6-10(9)15/h1-6,8,13,16,23H,7,9H2,(H,22,24)(H,25,26)(H,27,28);3-6,11-12,16H,2,7-8,15H2,1H3;5-7H,1-4H3/t13-,16-;11-,12-;/m11./s1. The third-order valence-electron chi connectivity index (χ3n) is 9.96. The van der Waals surface area contributed by atoms with Crippen LogP contribution in [0.1, 0.15) is 58.6 Å². The Hall–Kier alpha value is -3.74. The predicted molar refractivity (Wildman–Crippen MR) is 249 cm³/mol. The number of rotatable bonds is 14. The van der Waals surface area contributed by atoms with Gasteiger partial charge < -0.3 is 45.5 Å². The molecule has 1 fully saturated rings. The van der Waals surface area contributed by atoms with E-state index in [9.17, 15) is 29.4 Å². The molecule has 19 heteroatoms. The summed E-state index contributed by atoms with van der Waals surface area (Å²) in [4.78, 5) is 44.3. The number of benzene rings is 4. The molecule has 1 amide bonds. The molecule has 7 N–H and O–H groups in total. The highest BCUT2D eigenvalue weighted by Crippen LogP contribution is 2.37. The summed E-state index contributed by atoms with van der Waals surface area (Å²) in [5, 5.41) is 41.2. The molecule has 340 valence electrons. The quantitative estimate of drug-likeness (QED) is 0.0411. The molecular formula is C44H50BBrCl4N2O11. The molecule has 63 heavy (non-hydrogen) atoms. The summed E-state index contributed by atoms with van der Waals surface area (Å²) < 4.78 is 17.6. The molecular weight excluding hydrogens is 965 g/mol. The highest BCUT2D eigenvalue weighted by molar-refractivity contribution is 9.10. The van der Waals surface area contributed by atoms with Crippen molar-refractivity contribution in [1.82, 2.24) is 5.32 Å². The first-order valence-electron chi connectivity index (χ1n) is 19.6. The Balaban J connectivity index is 0.000000263. The minimum atomic E-state index is -1.73. The van der Waals surface area contributed by atoms with E-state index in [-0.39, 0.29) is 43.1 Å². The summed E-state index contributed by atoms with van der Waals surface area (Å²) in [6, 6.07) is 24.0. The van der Waals surface area contributed by atoms with Crippen molar-refractivity contribution >= 4 is 98.7 Å². The number of carbonyl (C=O) groups is 4. The van der Waals surface area contributed by atoms with Crippen LogP contribution in [0.3, 0.4) is 0 Å². The lowest BCUT2D eigenvalue weighted by Gasteiger charge is -2.32. The van der Waals surface area contributed by atoms with Gasteiger partial charge in [0.1, 0.15) is 0 Å². The van der Waals surface area contributed by atoms with Gasteiger partial charge in [0.05, 0.1) is 17.8 Å². The van der Waals surface area contributed by atoms with Crippen molar-refractivity contribution in [2.24, 2.45) is 5.73 Å². The Labute approximate surface area is 395 Å². The lowest BCUT2D eigenvalue weighted by molar-refractivity contribution is -0.153. The van der Waals surface area contributed by atoms with Crippen LogP contribution < -0.4 is 16.5 Å². The second-order valence-corrected chi connectivity index (χ2v) is 18.0. The Morgan fingerprint density at radius 2 is 1.29 bits per heavy atom. The molecule has 0 bridgehead atoms. The number of hydrogen-bond donors (Lipinski definition) is 6. The molecule has 1 heterocycles. The number of aliphatic carboxylic acids is 2. The Morgan fingerprint density at radius 1 is 0.762 bits per heavy atom. The van der Waals surface area contributed by atoms with Gasteiger partial charge in [0.2, 0.25) is 0 Å². The summed E-state index contributed by atoms with van der Waals surface area (Å²) in [5.74, 6) is -5.03. The number of esters is 1. The van der Waals surface area contributed by atoms with Gasteiger partial charge in [-0.1, -0.05) is 98.7 Å². The van der Waals surface area contributed by atoms with Crippen molar-refractivity contribution in [2.45, 2.75) is 95.8 Å². The molecule has 0 unspecified atom stereocenters. The monoisotopic (exact) mass is 1010 g/mol. The number of aliphatic hydroxyl groups is 2. The number of aliphatic hydroxyl groups excluding tert-OH is 2. The number of carboxylic acid groups (broad SMARTS) is 2. The first kappa shape index (κ1) is 53.6. The average molecular weight is 1020 g/mol. The summed E-state index contributed by atoms with van der Waals surface area (Å²) in [7, 11) is -0.466. The Kier molecular flexibility index (Phi) is 20.9. The van der Waals surface area contributed by atoms with Crippen molar-refractivity contribution in [3.05, 3.63) is 121 Å². The van der Waals surface area contributed by atoms with Crippen LogP contribution in [-0.2, 0) is 46.1 Å². The van der Waals surface area contributed by atoms with E-state index in [0.29, 0.717) is 32.1 Å². The lowest BCUT2D eigenvalue weighted by atomic mass is 9.79. The second kappa shape index (κ2) is 24.5. The first-order valence-corrected chi connectivity index (χ1v) is 21.9. The van der Waals surface area contributed by atoms with Crippen LogP contribution in [0, 0.1) is 0 Å². The highest BCUT2D eigenvalue weighted by atomic mass is 79.9. The van der Waals surface area contributed by atoms with Gasteiger partial charge in [-0.05, 0) is 119 Å². The lowest BCUT2D eigenvalue weighted by Crippen LogP contribution is -2.43. The summed E-state index contributed by atoms with van der Waals surface area (Å²) in [6.07, 6.45) is -2.26. The predicted octanol–water partition coefficient (Wildman–Crippen LogP) is 7.53. The molecule has 4 aromatic rings. The number of halogens is 5. The number of nitrogens with one attached hydrogen (secondary N) is 1. The van der Waals surface area contributed by atoms with Gasteiger partial charge in [-0.15, -0.1) is 0 Å². The normalized spacial score (nSPS) is 15.6.